The Morgan fingerprint density at radius 3 is 1.62 bits per heavy atom. The van der Waals surface area contributed by atoms with Crippen LogP contribution in [0.25, 0.3) is 90.4 Å². The van der Waals surface area contributed by atoms with Crippen molar-refractivity contribution in [1.29, 1.82) is 0 Å². The first-order valence-electron chi connectivity index (χ1n) is 23.6. The molecule has 8 bridgehead atoms. The molecule has 4 aromatic carbocycles. The van der Waals surface area contributed by atoms with E-state index in [9.17, 15) is 11.0 Å². The van der Waals surface area contributed by atoms with E-state index in [0.29, 0.717) is 43.9 Å². The van der Waals surface area contributed by atoms with Crippen LogP contribution in [0.15, 0.2) is 146 Å². The Hall–Kier alpha value is -7.38. The largest absolute Gasteiger partial charge is 0.451 e. The number of aromatic amines is 2. The molecule has 0 amide bonds. The fourth-order valence-electron chi connectivity index (χ4n) is 10.4. The Kier molecular flexibility index (Phi) is 10.4. The maximum atomic E-state index is 13.9. The van der Waals surface area contributed by atoms with Crippen LogP contribution < -0.4 is 0 Å². The highest BCUT2D eigenvalue weighted by Gasteiger charge is 2.44. The molecular formula is C58H50N4O3. The first-order chi connectivity index (χ1) is 32.4. The monoisotopic (exact) mass is 851 g/mol. The lowest BCUT2D eigenvalue weighted by Crippen LogP contribution is -2.46. The Balaban J connectivity index is 1.27. The average Bonchev–Trinajstić information content (AvgIpc) is 4.19. The summed E-state index contributed by atoms with van der Waals surface area (Å²) in [5.74, 6) is -0.424. The molecule has 3 aromatic heterocycles. The number of fused-ring (bicyclic) bond motifs is 8. The molecule has 2 fully saturated rings. The second kappa shape index (κ2) is 17.3. The number of esters is 1. The van der Waals surface area contributed by atoms with Gasteiger partial charge in [0.1, 0.15) is 0 Å². The van der Waals surface area contributed by atoms with Crippen molar-refractivity contribution in [3.05, 3.63) is 168 Å². The Bertz CT molecular complexity index is 3230. The van der Waals surface area contributed by atoms with Crippen molar-refractivity contribution < 1.29 is 15.7 Å². The minimum Gasteiger partial charge on any atom is -0.451 e. The first kappa shape index (κ1) is 39.2. The number of nitrogens with one attached hydrogen (secondary N) is 2. The van der Waals surface area contributed by atoms with Crippen LogP contribution in [-0.4, -0.2) is 37.3 Å². The van der Waals surface area contributed by atoms with Crippen LogP contribution >= 0.6 is 0 Å². The molecule has 1 aliphatic carbocycles. The van der Waals surface area contributed by atoms with Crippen LogP contribution in [0.4, 0.5) is 0 Å². The number of rotatable bonds is 5. The van der Waals surface area contributed by atoms with Crippen LogP contribution in [0.5, 0.6) is 0 Å². The van der Waals surface area contributed by atoms with E-state index in [1.54, 1.807) is 0 Å². The number of carbonyl (C=O) groups is 2. The van der Waals surface area contributed by atoms with E-state index >= 15 is 0 Å². The van der Waals surface area contributed by atoms with Gasteiger partial charge in [-0.3, -0.25) is 9.59 Å². The third-order valence-electron chi connectivity index (χ3n) is 13.6. The third kappa shape index (κ3) is 7.75. The number of Topliss-reactive ketones (excluding diaryl/α,β-unsaturated/α-hetero) is 1. The van der Waals surface area contributed by atoms with Crippen LogP contribution in [0.1, 0.15) is 88.4 Å². The summed E-state index contributed by atoms with van der Waals surface area (Å²) in [5, 5.41) is 0. The second-order valence-corrected chi connectivity index (χ2v) is 17.7. The number of hydrogen-bond donors (Lipinski definition) is 2. The number of ether oxygens (including phenoxy) is 1. The van der Waals surface area contributed by atoms with Gasteiger partial charge in [0.2, 0.25) is 0 Å². The SMILES string of the molecule is [2H]C1=C([C@H]2CCCCC(=O)O[C@@]3(CCCCC3=O)CC2)c2nc1c(-c1ccccc1)c1nc(c(-c3ccccc3)c3ccc([nH]3)c(-c3ccccc3)c3ccc([nH]3)c2-c2ccccc2)C=C1. The summed E-state index contributed by atoms with van der Waals surface area (Å²) < 4.78 is 16.7. The van der Waals surface area contributed by atoms with Gasteiger partial charge < -0.3 is 14.7 Å². The number of ketones is 1. The van der Waals surface area contributed by atoms with E-state index in [0.717, 1.165) is 115 Å². The third-order valence-corrected chi connectivity index (χ3v) is 13.6. The lowest BCUT2D eigenvalue weighted by atomic mass is 9.76. The molecule has 4 aliphatic rings. The van der Waals surface area contributed by atoms with Crippen molar-refractivity contribution >= 4 is 57.6 Å². The minimum absolute atomic E-state index is 0.0193. The van der Waals surface area contributed by atoms with E-state index in [1.165, 1.54) is 0 Å². The lowest BCUT2D eigenvalue weighted by Gasteiger charge is -2.37. The number of benzene rings is 4. The van der Waals surface area contributed by atoms with Gasteiger partial charge in [-0.25, -0.2) is 9.97 Å². The molecule has 6 heterocycles. The van der Waals surface area contributed by atoms with Gasteiger partial charge in [-0.2, -0.15) is 0 Å². The minimum atomic E-state index is -1.14. The average molecular weight is 852 g/mol. The Labute approximate surface area is 380 Å². The topological polar surface area (TPSA) is 101 Å². The molecule has 1 saturated carbocycles. The van der Waals surface area contributed by atoms with Crippen molar-refractivity contribution in [2.24, 2.45) is 5.92 Å². The molecule has 2 atom stereocenters. The zero-order valence-corrected chi connectivity index (χ0v) is 36.3. The lowest BCUT2D eigenvalue weighted by molar-refractivity contribution is -0.172. The summed E-state index contributed by atoms with van der Waals surface area (Å²) >= 11 is 0. The summed E-state index contributed by atoms with van der Waals surface area (Å²) in [5.41, 5.74) is 13.7. The molecule has 7 aromatic rings. The number of aromatic nitrogens is 4. The molecular weight excluding hydrogens is 801 g/mol. The van der Waals surface area contributed by atoms with E-state index in [2.05, 4.69) is 119 Å². The van der Waals surface area contributed by atoms with Crippen LogP contribution in [0.3, 0.4) is 0 Å². The van der Waals surface area contributed by atoms with E-state index in [4.69, 9.17) is 14.7 Å². The van der Waals surface area contributed by atoms with Crippen molar-refractivity contribution in [1.82, 2.24) is 19.9 Å². The van der Waals surface area contributed by atoms with Crippen molar-refractivity contribution in [2.45, 2.75) is 69.8 Å². The predicted molar refractivity (Wildman–Crippen MR) is 263 cm³/mol. The van der Waals surface area contributed by atoms with Crippen molar-refractivity contribution in [2.75, 3.05) is 0 Å². The highest BCUT2D eigenvalue weighted by Crippen LogP contribution is 2.46. The van der Waals surface area contributed by atoms with Gasteiger partial charge in [-0.15, -0.1) is 0 Å². The van der Waals surface area contributed by atoms with Crippen LogP contribution in [-0.2, 0) is 14.3 Å². The van der Waals surface area contributed by atoms with Crippen molar-refractivity contribution in [3.63, 3.8) is 0 Å². The van der Waals surface area contributed by atoms with Crippen molar-refractivity contribution in [3.8, 4) is 44.5 Å². The highest BCUT2D eigenvalue weighted by molar-refractivity contribution is 6.02. The molecule has 7 heteroatoms. The number of nitrogens with zero attached hydrogens (tertiary/aromatic N) is 2. The normalized spacial score (nSPS) is 19.3. The molecule has 7 nitrogen and oxygen atoms in total. The van der Waals surface area contributed by atoms with Crippen LogP contribution in [0.2, 0.25) is 0 Å². The molecule has 320 valence electrons. The maximum absolute atomic E-state index is 13.9. The van der Waals surface area contributed by atoms with Gasteiger partial charge in [-0.05, 0) is 121 Å². The van der Waals surface area contributed by atoms with Gasteiger partial charge in [0.05, 0.1) is 24.1 Å². The summed E-state index contributed by atoms with van der Waals surface area (Å²) in [6, 6.07) is 50.3. The molecule has 0 unspecified atom stereocenters. The summed E-state index contributed by atoms with van der Waals surface area (Å²) in [4.78, 5) is 46.0. The van der Waals surface area contributed by atoms with Crippen LogP contribution in [0, 0.1) is 5.92 Å². The maximum Gasteiger partial charge on any atom is 0.306 e. The fraction of sp³-hybridized carbons (Fsp3) is 0.207. The number of carbonyl (C=O) groups excluding carboxylic acids is 2. The predicted octanol–water partition coefficient (Wildman–Crippen LogP) is 14.1. The van der Waals surface area contributed by atoms with Gasteiger partial charge in [0.25, 0.3) is 0 Å². The van der Waals surface area contributed by atoms with Gasteiger partial charge in [0.15, 0.2) is 11.4 Å². The summed E-state index contributed by atoms with van der Waals surface area (Å²) in [6.07, 6.45) is 10.1. The Morgan fingerprint density at radius 2 is 1.02 bits per heavy atom. The number of allylic oxidation sites excluding steroid dienone is 1. The summed E-state index contributed by atoms with van der Waals surface area (Å²) in [6.45, 7) is 0. The number of H-pyrrole nitrogens is 2. The van der Waals surface area contributed by atoms with E-state index in [1.807, 2.05) is 48.5 Å². The quantitative estimate of drug-likeness (QED) is 0.168. The van der Waals surface area contributed by atoms with Gasteiger partial charge in [-0.1, -0.05) is 128 Å². The van der Waals surface area contributed by atoms with E-state index in [-0.39, 0.29) is 24.1 Å². The molecule has 2 N–H and O–H groups in total. The second-order valence-electron chi connectivity index (χ2n) is 17.7. The molecule has 65 heavy (non-hydrogen) atoms. The smallest absolute Gasteiger partial charge is 0.306 e. The first-order valence-corrected chi connectivity index (χ1v) is 23.1. The van der Waals surface area contributed by atoms with E-state index < -0.39 is 5.60 Å². The molecule has 3 aliphatic heterocycles. The van der Waals surface area contributed by atoms with Gasteiger partial charge in [0, 0.05) is 57.2 Å². The highest BCUT2D eigenvalue weighted by atomic mass is 16.6. The summed E-state index contributed by atoms with van der Waals surface area (Å²) in [7, 11) is 0. The van der Waals surface area contributed by atoms with Gasteiger partial charge >= 0.3 is 5.97 Å². The Morgan fingerprint density at radius 1 is 0.508 bits per heavy atom. The molecule has 11 rings (SSSR count). The molecule has 1 spiro atoms. The molecule has 1 saturated heterocycles. The molecule has 0 radical (unpaired) electrons. The zero-order valence-electron chi connectivity index (χ0n) is 37.3. The zero-order chi connectivity index (χ0) is 44.6. The standard InChI is InChI=1S/C58H50N4O3/c63-51-26-15-16-35-58(51)36-34-38(17-13-14-27-52(64)65-58)43-37-50-55(41-22-9-3-10-23-41)48-31-30-46(60-48)53(39-18-5-1-6-19-39)44-28-29-45(59-44)54(40-20-7-2-8-21-40)47-32-33-49(61-47)56(57(43)62-50)42-24-11-4-12-25-42/h1-12,18-25,28-33,37-38,59,61H,13-17,26-27,34-36H2/t38-,58-/m0/s1/i37D. The fourth-order valence-corrected chi connectivity index (χ4v) is 10.4. The number of hydrogen-bond acceptors (Lipinski definition) is 5.